The highest BCUT2D eigenvalue weighted by Crippen LogP contribution is 2.23. The van der Waals surface area contributed by atoms with E-state index < -0.39 is 0 Å². The molecule has 1 atom stereocenters. The molecule has 1 fully saturated rings. The van der Waals surface area contributed by atoms with E-state index in [-0.39, 0.29) is 0 Å². The lowest BCUT2D eigenvalue weighted by Crippen LogP contribution is -2.44. The van der Waals surface area contributed by atoms with Crippen LogP contribution in [0.2, 0.25) is 5.02 Å². The van der Waals surface area contributed by atoms with E-state index in [1.54, 1.807) is 0 Å². The number of unbranched alkanes of at least 4 members (excludes halogenated alkanes) is 1. The molecule has 0 saturated carbocycles. The fourth-order valence-electron chi connectivity index (χ4n) is 3.52. The summed E-state index contributed by atoms with van der Waals surface area (Å²) in [6, 6.07) is 8.47. The second kappa shape index (κ2) is 10.4. The first-order valence-corrected chi connectivity index (χ1v) is 10.6. The van der Waals surface area contributed by atoms with Gasteiger partial charge in [0.25, 0.3) is 0 Å². The zero-order valence-corrected chi connectivity index (χ0v) is 17.6. The quantitative estimate of drug-likeness (QED) is 0.403. The van der Waals surface area contributed by atoms with Crippen LogP contribution < -0.4 is 15.5 Å². The number of benzene rings is 1. The number of aryl methyl sites for hydroxylation is 2. The SMILES string of the molecule is CCNC(=NCCCCn1ccnc1C)NC1CCN(c2cccc(Cl)c2)C1. The molecule has 2 N–H and O–H groups in total. The fraction of sp³-hybridized carbons (Fsp3) is 0.524. The van der Waals surface area contributed by atoms with E-state index in [1.165, 1.54) is 5.69 Å². The van der Waals surface area contributed by atoms with Gasteiger partial charge in [0.05, 0.1) is 0 Å². The van der Waals surface area contributed by atoms with Crippen molar-refractivity contribution in [2.75, 3.05) is 31.1 Å². The summed E-state index contributed by atoms with van der Waals surface area (Å²) >= 11 is 6.13. The van der Waals surface area contributed by atoms with Crippen LogP contribution in [0.25, 0.3) is 0 Å². The predicted octanol–water partition coefficient (Wildman–Crippen LogP) is 3.46. The van der Waals surface area contributed by atoms with Crippen molar-refractivity contribution in [1.82, 2.24) is 20.2 Å². The Hall–Kier alpha value is -2.21. The molecule has 0 bridgehead atoms. The van der Waals surface area contributed by atoms with E-state index >= 15 is 0 Å². The maximum Gasteiger partial charge on any atom is 0.191 e. The Morgan fingerprint density at radius 1 is 1.36 bits per heavy atom. The summed E-state index contributed by atoms with van der Waals surface area (Å²) in [6.07, 6.45) is 7.15. The van der Waals surface area contributed by atoms with Crippen molar-refractivity contribution in [3.8, 4) is 0 Å². The standard InChI is InChI=1S/C21H31ClN6/c1-3-23-21(25-10-4-5-12-27-14-11-24-17(27)2)26-19-9-13-28(16-19)20-8-6-7-18(22)15-20/h6-8,11,14-15,19H,3-5,9-10,12-13,16H2,1-2H3,(H2,23,25,26). The van der Waals surface area contributed by atoms with Crippen LogP contribution >= 0.6 is 11.6 Å². The number of imidazole rings is 1. The number of hydrogen-bond donors (Lipinski definition) is 2. The van der Waals surface area contributed by atoms with Gasteiger partial charge in [0.2, 0.25) is 0 Å². The van der Waals surface area contributed by atoms with Crippen LogP contribution in [-0.2, 0) is 6.54 Å². The molecule has 28 heavy (non-hydrogen) atoms. The Balaban J connectivity index is 1.44. The molecular formula is C21H31ClN6. The number of aliphatic imine (C=N–C) groups is 1. The summed E-state index contributed by atoms with van der Waals surface area (Å²) in [5.74, 6) is 1.99. The molecule has 6 nitrogen and oxygen atoms in total. The molecule has 1 saturated heterocycles. The lowest BCUT2D eigenvalue weighted by atomic mass is 10.2. The third-order valence-corrected chi connectivity index (χ3v) is 5.28. The minimum atomic E-state index is 0.394. The van der Waals surface area contributed by atoms with Gasteiger partial charge in [-0.1, -0.05) is 17.7 Å². The number of nitrogens with zero attached hydrogens (tertiary/aromatic N) is 4. The molecule has 152 valence electrons. The third kappa shape index (κ3) is 5.89. The van der Waals surface area contributed by atoms with E-state index in [0.29, 0.717) is 6.04 Å². The van der Waals surface area contributed by atoms with Crippen molar-refractivity contribution < 1.29 is 0 Å². The lowest BCUT2D eigenvalue weighted by Gasteiger charge is -2.20. The lowest BCUT2D eigenvalue weighted by molar-refractivity contribution is 0.597. The highest BCUT2D eigenvalue weighted by atomic mass is 35.5. The second-order valence-electron chi connectivity index (χ2n) is 7.19. The van der Waals surface area contributed by atoms with Crippen molar-refractivity contribution in [3.63, 3.8) is 0 Å². The number of anilines is 1. The van der Waals surface area contributed by atoms with Crippen LogP contribution in [0, 0.1) is 6.92 Å². The van der Waals surface area contributed by atoms with Gasteiger partial charge in [-0.3, -0.25) is 4.99 Å². The predicted molar refractivity (Wildman–Crippen MR) is 117 cm³/mol. The average molecular weight is 403 g/mol. The van der Waals surface area contributed by atoms with Crippen LogP contribution in [0.4, 0.5) is 5.69 Å². The maximum atomic E-state index is 6.13. The number of hydrogen-bond acceptors (Lipinski definition) is 3. The molecule has 1 aliphatic heterocycles. The number of guanidine groups is 1. The largest absolute Gasteiger partial charge is 0.369 e. The molecule has 2 heterocycles. The summed E-state index contributed by atoms with van der Waals surface area (Å²) in [5, 5.41) is 7.75. The summed E-state index contributed by atoms with van der Waals surface area (Å²) in [4.78, 5) is 11.4. The molecular weight excluding hydrogens is 372 g/mol. The Morgan fingerprint density at radius 3 is 3.00 bits per heavy atom. The Labute approximate surface area is 173 Å². The fourth-order valence-corrected chi connectivity index (χ4v) is 3.71. The first-order chi connectivity index (χ1) is 13.7. The smallest absolute Gasteiger partial charge is 0.191 e. The van der Waals surface area contributed by atoms with E-state index in [1.807, 2.05) is 37.5 Å². The van der Waals surface area contributed by atoms with Gasteiger partial charge >= 0.3 is 0 Å². The number of aromatic nitrogens is 2. The van der Waals surface area contributed by atoms with Crippen LogP contribution in [-0.4, -0.2) is 47.7 Å². The van der Waals surface area contributed by atoms with Gasteiger partial charge in [0, 0.05) is 61.9 Å². The zero-order valence-electron chi connectivity index (χ0n) is 16.9. The molecule has 0 spiro atoms. The number of halogens is 1. The van der Waals surface area contributed by atoms with Crippen molar-refractivity contribution in [2.24, 2.45) is 4.99 Å². The Kier molecular flexibility index (Phi) is 7.60. The van der Waals surface area contributed by atoms with E-state index in [4.69, 9.17) is 16.6 Å². The molecule has 1 aromatic carbocycles. The summed E-state index contributed by atoms with van der Waals surface area (Å²) in [5.41, 5.74) is 1.19. The number of nitrogens with one attached hydrogen (secondary N) is 2. The minimum Gasteiger partial charge on any atom is -0.369 e. The van der Waals surface area contributed by atoms with Gasteiger partial charge in [0.1, 0.15) is 5.82 Å². The van der Waals surface area contributed by atoms with Gasteiger partial charge < -0.3 is 20.1 Å². The first-order valence-electron chi connectivity index (χ1n) is 10.2. The second-order valence-corrected chi connectivity index (χ2v) is 7.63. The van der Waals surface area contributed by atoms with Crippen LogP contribution in [0.1, 0.15) is 32.0 Å². The average Bonchev–Trinajstić information content (AvgIpc) is 3.31. The van der Waals surface area contributed by atoms with Crippen LogP contribution in [0.3, 0.4) is 0 Å². The normalized spacial score (nSPS) is 17.2. The highest BCUT2D eigenvalue weighted by molar-refractivity contribution is 6.30. The number of rotatable bonds is 8. The van der Waals surface area contributed by atoms with Gasteiger partial charge in [-0.25, -0.2) is 4.98 Å². The minimum absolute atomic E-state index is 0.394. The maximum absolute atomic E-state index is 6.13. The molecule has 0 aliphatic carbocycles. The van der Waals surface area contributed by atoms with Gasteiger partial charge in [-0.05, 0) is 51.3 Å². The van der Waals surface area contributed by atoms with Crippen LogP contribution in [0.5, 0.6) is 0 Å². The van der Waals surface area contributed by atoms with E-state index in [2.05, 4.69) is 38.1 Å². The summed E-state index contributed by atoms with van der Waals surface area (Å²) in [7, 11) is 0. The molecule has 0 amide bonds. The molecule has 3 rings (SSSR count). The molecule has 1 unspecified atom stereocenters. The summed E-state index contributed by atoms with van der Waals surface area (Å²) < 4.78 is 2.19. The van der Waals surface area contributed by atoms with Gasteiger partial charge in [-0.2, -0.15) is 0 Å². The third-order valence-electron chi connectivity index (χ3n) is 5.05. The molecule has 1 aromatic heterocycles. The molecule has 0 radical (unpaired) electrons. The first kappa shape index (κ1) is 20.5. The zero-order chi connectivity index (χ0) is 19.8. The van der Waals surface area contributed by atoms with Crippen molar-refractivity contribution in [2.45, 2.75) is 45.7 Å². The monoisotopic (exact) mass is 402 g/mol. The highest BCUT2D eigenvalue weighted by Gasteiger charge is 2.23. The Morgan fingerprint density at radius 2 is 2.25 bits per heavy atom. The van der Waals surface area contributed by atoms with Gasteiger partial charge in [0.15, 0.2) is 5.96 Å². The van der Waals surface area contributed by atoms with Crippen molar-refractivity contribution >= 4 is 23.2 Å². The topological polar surface area (TPSA) is 57.5 Å². The van der Waals surface area contributed by atoms with Crippen molar-refractivity contribution in [3.05, 3.63) is 47.5 Å². The van der Waals surface area contributed by atoms with Crippen molar-refractivity contribution in [1.29, 1.82) is 0 Å². The summed E-state index contributed by atoms with van der Waals surface area (Å²) in [6.45, 7) is 8.83. The molecule has 1 aliphatic rings. The molecule has 2 aromatic rings. The van der Waals surface area contributed by atoms with E-state index in [9.17, 15) is 0 Å². The van der Waals surface area contributed by atoms with Crippen LogP contribution in [0.15, 0.2) is 41.7 Å². The Bertz CT molecular complexity index is 772. The van der Waals surface area contributed by atoms with Gasteiger partial charge in [-0.15, -0.1) is 0 Å². The van der Waals surface area contributed by atoms with E-state index in [0.717, 1.165) is 68.8 Å². The molecule has 7 heteroatoms.